The summed E-state index contributed by atoms with van der Waals surface area (Å²) in [6, 6.07) is 37.6. The molecule has 0 N–H and O–H groups in total. The second kappa shape index (κ2) is 22.2. The van der Waals surface area contributed by atoms with Gasteiger partial charge in [0.05, 0.1) is 0 Å². The summed E-state index contributed by atoms with van der Waals surface area (Å²) in [5, 5.41) is 2.55. The number of benzene rings is 3. The molecule has 3 aromatic heterocycles. The minimum Gasteiger partial charge on any atom is -0.483 e. The van der Waals surface area contributed by atoms with Crippen molar-refractivity contribution in [2.45, 2.75) is 53.1 Å². The maximum atomic E-state index is 14.1. The van der Waals surface area contributed by atoms with Gasteiger partial charge in [-0.1, -0.05) is 91.0 Å². The minimum atomic E-state index is -0.528. The van der Waals surface area contributed by atoms with Crippen molar-refractivity contribution in [2.75, 3.05) is 36.2 Å². The number of carbonyl (C=O) groups excluding carboxylic acids is 3. The van der Waals surface area contributed by atoms with E-state index in [9.17, 15) is 28.8 Å². The first kappa shape index (κ1) is 44.9. The van der Waals surface area contributed by atoms with Gasteiger partial charge in [0.15, 0.2) is 17.2 Å². The molecule has 15 heteroatoms. The van der Waals surface area contributed by atoms with Crippen molar-refractivity contribution < 1.29 is 28.6 Å². The topological polar surface area (TPSA) is 155 Å². The molecule has 0 radical (unpaired) electrons. The molecule has 0 saturated carbocycles. The average molecular weight is 855 g/mol. The first-order valence-electron chi connectivity index (χ1n) is 20.6. The van der Waals surface area contributed by atoms with Gasteiger partial charge in [-0.05, 0) is 65.9 Å². The fraction of sp³-hybridized carbons (Fsp3) is 0.250. The molecule has 3 amide bonds. The molecule has 6 rings (SSSR count). The Hall–Kier alpha value is -7.68. The van der Waals surface area contributed by atoms with Crippen molar-refractivity contribution in [1.82, 2.24) is 18.8 Å². The van der Waals surface area contributed by atoms with Gasteiger partial charge in [0.2, 0.25) is 17.7 Å². The highest BCUT2D eigenvalue weighted by Crippen LogP contribution is 2.12. The number of amides is 3. The fourth-order valence-corrected chi connectivity index (χ4v) is 6.75. The number of pyridine rings is 3. The zero-order chi connectivity index (χ0) is 44.6. The molecule has 0 bridgehead atoms. The molecule has 0 spiro atoms. The number of hydrogen-bond acceptors (Lipinski definition) is 9. The molecule has 0 aliphatic heterocycles. The Bertz CT molecular complexity index is 2510. The third-order valence-electron chi connectivity index (χ3n) is 9.99. The van der Waals surface area contributed by atoms with Gasteiger partial charge in [-0.15, -0.1) is 0 Å². The van der Waals surface area contributed by atoms with Gasteiger partial charge < -0.3 is 23.7 Å². The Labute approximate surface area is 364 Å². The lowest BCUT2D eigenvalue weighted by Gasteiger charge is -2.28. The second-order valence-corrected chi connectivity index (χ2v) is 14.5. The Kier molecular flexibility index (Phi) is 15.8. The van der Waals surface area contributed by atoms with Crippen LogP contribution in [0.3, 0.4) is 0 Å². The zero-order valence-electron chi connectivity index (χ0n) is 35.3. The lowest BCUT2D eigenvalue weighted by atomic mass is 10.2. The van der Waals surface area contributed by atoms with Crippen LogP contribution in [-0.4, -0.2) is 62.7 Å². The fourth-order valence-electron chi connectivity index (χ4n) is 6.75. The normalized spacial score (nSPS) is 10.8. The van der Waals surface area contributed by atoms with Crippen molar-refractivity contribution in [3.05, 3.63) is 194 Å². The molecule has 3 heterocycles. The highest BCUT2D eigenvalue weighted by molar-refractivity contribution is 5.84. The summed E-state index contributed by atoms with van der Waals surface area (Å²) in [5.41, 5.74) is 1.06. The predicted octanol–water partition coefficient (Wildman–Crippen LogP) is 4.89. The Morgan fingerprint density at radius 2 is 0.825 bits per heavy atom. The van der Waals surface area contributed by atoms with Gasteiger partial charge in [-0.3, -0.25) is 28.8 Å². The molecule has 0 aliphatic carbocycles. The number of rotatable bonds is 21. The van der Waals surface area contributed by atoms with Crippen LogP contribution in [0.15, 0.2) is 160 Å². The molecule has 0 fully saturated rings. The Morgan fingerprint density at radius 3 is 1.21 bits per heavy atom. The molecule has 0 saturated heterocycles. The maximum Gasteiger partial charge on any atom is 0.311 e. The van der Waals surface area contributed by atoms with Crippen LogP contribution in [0.5, 0.6) is 17.2 Å². The number of hydrogen-bond donors (Lipinski definition) is 0. The minimum absolute atomic E-state index is 0.0503. The first-order chi connectivity index (χ1) is 30.6. The van der Waals surface area contributed by atoms with Crippen molar-refractivity contribution >= 4 is 17.7 Å². The quantitative estimate of drug-likeness (QED) is 0.0986. The third kappa shape index (κ3) is 12.4. The van der Waals surface area contributed by atoms with E-state index in [4.69, 9.17) is 14.2 Å². The highest BCUT2D eigenvalue weighted by atomic mass is 16.5. The van der Waals surface area contributed by atoms with Crippen LogP contribution < -0.4 is 40.9 Å². The van der Waals surface area contributed by atoms with Crippen LogP contribution in [0.25, 0.3) is 0 Å². The van der Waals surface area contributed by atoms with E-state index < -0.39 is 34.4 Å². The SMILES string of the molecule is CC(=O)N(CCCN(CCCN(C(C)=O)n1cccc(OCc2ccccc2)c1=O)C(=O)Cn1cccc(OCc2ccccc2)c1=O)n1cccc(OCc2ccccc2)c1=O. The summed E-state index contributed by atoms with van der Waals surface area (Å²) in [5.74, 6) is -1.03. The maximum absolute atomic E-state index is 14.1. The summed E-state index contributed by atoms with van der Waals surface area (Å²) in [7, 11) is 0. The van der Waals surface area contributed by atoms with Crippen molar-refractivity contribution in [2.24, 2.45) is 0 Å². The van der Waals surface area contributed by atoms with Crippen LogP contribution in [0, 0.1) is 0 Å². The molecule has 6 aromatic rings. The van der Waals surface area contributed by atoms with Gasteiger partial charge >= 0.3 is 11.1 Å². The van der Waals surface area contributed by atoms with Crippen LogP contribution in [-0.2, 0) is 40.7 Å². The highest BCUT2D eigenvalue weighted by Gasteiger charge is 2.21. The molecule has 3 aromatic carbocycles. The van der Waals surface area contributed by atoms with Crippen molar-refractivity contribution in [1.29, 1.82) is 0 Å². The van der Waals surface area contributed by atoms with Gasteiger partial charge in [0, 0.05) is 58.6 Å². The number of aromatic nitrogens is 3. The van der Waals surface area contributed by atoms with E-state index in [1.807, 2.05) is 91.0 Å². The molecule has 15 nitrogen and oxygen atoms in total. The zero-order valence-corrected chi connectivity index (χ0v) is 35.3. The second-order valence-electron chi connectivity index (χ2n) is 14.5. The van der Waals surface area contributed by atoms with Gasteiger partial charge in [0.25, 0.3) is 5.56 Å². The lowest BCUT2D eigenvalue weighted by molar-refractivity contribution is -0.132. The van der Waals surface area contributed by atoms with Crippen LogP contribution >= 0.6 is 0 Å². The van der Waals surface area contributed by atoms with Gasteiger partial charge in [-0.25, -0.2) is 19.4 Å². The van der Waals surface area contributed by atoms with Crippen molar-refractivity contribution in [3.63, 3.8) is 0 Å². The monoisotopic (exact) mass is 854 g/mol. The smallest absolute Gasteiger partial charge is 0.311 e. The summed E-state index contributed by atoms with van der Waals surface area (Å²) < 4.78 is 21.1. The van der Waals surface area contributed by atoms with Crippen LogP contribution in [0.2, 0.25) is 0 Å². The van der Waals surface area contributed by atoms with Crippen LogP contribution in [0.1, 0.15) is 43.4 Å². The van der Waals surface area contributed by atoms with Crippen molar-refractivity contribution in [3.8, 4) is 17.2 Å². The molecule has 326 valence electrons. The Morgan fingerprint density at radius 1 is 0.460 bits per heavy atom. The lowest BCUT2D eigenvalue weighted by Crippen LogP contribution is -2.48. The number of ether oxygens (including phenoxy) is 3. The molecule has 0 aliphatic rings. The molecular weight excluding hydrogens is 805 g/mol. The standard InChI is InChI=1S/C48H50N6O9/c1-37(55)51(53-29-13-24-43(47(53)59)62-35-40-19-8-4-9-20-40)31-15-27-49(45(57)33-50-26-12-23-42(46(50)58)61-34-39-17-6-3-7-18-39)28-16-32-52(38(2)56)54-30-14-25-44(48(54)60)63-36-41-21-10-5-11-22-41/h3-14,17-26,29-30H,15-16,27-28,31-36H2,1-2H3. The summed E-state index contributed by atoms with van der Waals surface area (Å²) >= 11 is 0. The largest absolute Gasteiger partial charge is 0.483 e. The molecule has 0 atom stereocenters. The van der Waals surface area contributed by atoms with E-state index in [1.165, 1.54) is 73.4 Å². The molecular formula is C48H50N6O9. The summed E-state index contributed by atoms with van der Waals surface area (Å²) in [4.78, 5) is 82.1. The van der Waals surface area contributed by atoms with E-state index in [0.29, 0.717) is 0 Å². The van der Waals surface area contributed by atoms with E-state index in [0.717, 1.165) is 16.7 Å². The predicted molar refractivity (Wildman–Crippen MR) is 238 cm³/mol. The third-order valence-corrected chi connectivity index (χ3v) is 9.99. The van der Waals surface area contributed by atoms with E-state index in [-0.39, 0.29) is 82.6 Å². The summed E-state index contributed by atoms with van der Waals surface area (Å²) in [6.07, 6.45) is 4.92. The van der Waals surface area contributed by atoms with Gasteiger partial charge in [-0.2, -0.15) is 0 Å². The number of carbonyl (C=O) groups is 3. The van der Waals surface area contributed by atoms with E-state index in [2.05, 4.69) is 0 Å². The average Bonchev–Trinajstić information content (AvgIpc) is 3.29. The summed E-state index contributed by atoms with van der Waals surface area (Å²) in [6.45, 7) is 3.16. The van der Waals surface area contributed by atoms with Gasteiger partial charge in [0.1, 0.15) is 26.4 Å². The van der Waals surface area contributed by atoms with Crippen LogP contribution in [0.4, 0.5) is 0 Å². The Balaban J connectivity index is 1.17. The molecule has 0 unspecified atom stereocenters. The first-order valence-corrected chi connectivity index (χ1v) is 20.6. The number of nitrogens with zero attached hydrogens (tertiary/aromatic N) is 6. The molecule has 63 heavy (non-hydrogen) atoms. The van der Waals surface area contributed by atoms with E-state index in [1.54, 1.807) is 24.3 Å². The van der Waals surface area contributed by atoms with E-state index >= 15 is 0 Å².